The van der Waals surface area contributed by atoms with Crippen molar-refractivity contribution in [3.8, 4) is 11.1 Å². The summed E-state index contributed by atoms with van der Waals surface area (Å²) in [6.07, 6.45) is 0.587. The van der Waals surface area contributed by atoms with E-state index in [4.69, 9.17) is 4.74 Å². The molecule has 0 saturated heterocycles. The highest BCUT2D eigenvalue weighted by molar-refractivity contribution is 5.75. The van der Waals surface area contributed by atoms with Crippen molar-refractivity contribution in [1.29, 1.82) is 0 Å². The van der Waals surface area contributed by atoms with Crippen LogP contribution in [0.1, 0.15) is 35.3 Å². The minimum absolute atomic E-state index is 0.170. The van der Waals surface area contributed by atoms with Crippen LogP contribution in [-0.4, -0.2) is 5.97 Å². The van der Waals surface area contributed by atoms with E-state index in [1.54, 1.807) is 0 Å². The maximum atomic E-state index is 11.4. The number of ether oxygens (including phenoxy) is 1. The van der Waals surface area contributed by atoms with Crippen LogP contribution in [0, 0.1) is 13.8 Å². The van der Waals surface area contributed by atoms with Crippen LogP contribution in [0.4, 0.5) is 0 Å². The van der Waals surface area contributed by atoms with E-state index in [2.05, 4.69) is 50.2 Å². The van der Waals surface area contributed by atoms with Crippen molar-refractivity contribution in [2.45, 2.75) is 33.3 Å². The molecule has 102 valence electrons. The molecule has 1 unspecified atom stereocenters. The Morgan fingerprint density at radius 2 is 1.70 bits per heavy atom. The van der Waals surface area contributed by atoms with E-state index in [0.29, 0.717) is 0 Å². The standard InChI is InChI=1S/C18H18O2/c1-11-4-6-15-14(8-11)10-18(20-13(3)19)17-9-12(2)5-7-16(15)17/h4-9,18H,10H2,1-3H3. The summed E-state index contributed by atoms with van der Waals surface area (Å²) >= 11 is 0. The fourth-order valence-electron chi connectivity index (χ4n) is 2.96. The molecule has 1 aliphatic carbocycles. The van der Waals surface area contributed by atoms with Gasteiger partial charge in [-0.2, -0.15) is 0 Å². The fourth-order valence-corrected chi connectivity index (χ4v) is 2.96. The molecule has 0 amide bonds. The average Bonchev–Trinajstić information content (AvgIpc) is 2.38. The largest absolute Gasteiger partial charge is 0.457 e. The number of benzene rings is 2. The Kier molecular flexibility index (Phi) is 3.09. The van der Waals surface area contributed by atoms with Crippen LogP contribution in [0.25, 0.3) is 11.1 Å². The van der Waals surface area contributed by atoms with Gasteiger partial charge in [0.25, 0.3) is 0 Å². The number of carbonyl (C=O) groups is 1. The summed E-state index contributed by atoms with van der Waals surface area (Å²) in [6.45, 7) is 5.63. The van der Waals surface area contributed by atoms with E-state index in [9.17, 15) is 4.79 Å². The van der Waals surface area contributed by atoms with Crippen molar-refractivity contribution in [3.05, 3.63) is 58.7 Å². The smallest absolute Gasteiger partial charge is 0.303 e. The highest BCUT2D eigenvalue weighted by Crippen LogP contribution is 2.40. The van der Waals surface area contributed by atoms with E-state index in [0.717, 1.165) is 12.0 Å². The highest BCUT2D eigenvalue weighted by Gasteiger charge is 2.26. The number of hydrogen-bond acceptors (Lipinski definition) is 2. The van der Waals surface area contributed by atoms with E-state index in [1.807, 2.05) is 0 Å². The first kappa shape index (κ1) is 12.9. The molecule has 3 rings (SSSR count). The van der Waals surface area contributed by atoms with E-state index < -0.39 is 0 Å². The van der Waals surface area contributed by atoms with Crippen LogP contribution in [0.2, 0.25) is 0 Å². The monoisotopic (exact) mass is 266 g/mol. The second-order valence-electron chi connectivity index (χ2n) is 5.55. The SMILES string of the molecule is CC(=O)OC1Cc2cc(C)ccc2-c2ccc(C)cc21. The summed E-state index contributed by atoms with van der Waals surface area (Å²) in [5, 5.41) is 0. The topological polar surface area (TPSA) is 26.3 Å². The summed E-state index contributed by atoms with van der Waals surface area (Å²) in [6, 6.07) is 12.9. The van der Waals surface area contributed by atoms with Crippen LogP contribution in [0.15, 0.2) is 36.4 Å². The molecule has 2 nitrogen and oxygen atoms in total. The van der Waals surface area contributed by atoms with Gasteiger partial charge in [0, 0.05) is 18.9 Å². The molecule has 0 radical (unpaired) electrons. The van der Waals surface area contributed by atoms with Crippen molar-refractivity contribution in [2.75, 3.05) is 0 Å². The Morgan fingerprint density at radius 1 is 1.05 bits per heavy atom. The number of carbonyl (C=O) groups excluding carboxylic acids is 1. The number of rotatable bonds is 1. The van der Waals surface area contributed by atoms with Crippen molar-refractivity contribution >= 4 is 5.97 Å². The molecular formula is C18H18O2. The number of hydrogen-bond donors (Lipinski definition) is 0. The minimum Gasteiger partial charge on any atom is -0.457 e. The third kappa shape index (κ3) is 2.22. The van der Waals surface area contributed by atoms with Crippen LogP contribution < -0.4 is 0 Å². The Balaban J connectivity index is 2.17. The lowest BCUT2D eigenvalue weighted by Crippen LogP contribution is -2.17. The molecule has 2 aromatic carbocycles. The fraction of sp³-hybridized carbons (Fsp3) is 0.278. The Hall–Kier alpha value is -2.09. The summed E-state index contributed by atoms with van der Waals surface area (Å²) in [5.74, 6) is -0.224. The van der Waals surface area contributed by atoms with Gasteiger partial charge in [-0.25, -0.2) is 0 Å². The van der Waals surface area contributed by atoms with Crippen LogP contribution >= 0.6 is 0 Å². The first-order valence-corrected chi connectivity index (χ1v) is 6.92. The predicted molar refractivity (Wildman–Crippen MR) is 79.6 cm³/mol. The molecular weight excluding hydrogens is 248 g/mol. The molecule has 0 saturated carbocycles. The number of esters is 1. The van der Waals surface area contributed by atoms with E-state index >= 15 is 0 Å². The Bertz CT molecular complexity index is 686. The Morgan fingerprint density at radius 3 is 2.40 bits per heavy atom. The third-order valence-corrected chi connectivity index (χ3v) is 3.82. The van der Waals surface area contributed by atoms with Crippen LogP contribution in [0.3, 0.4) is 0 Å². The van der Waals surface area contributed by atoms with Gasteiger partial charge in [-0.15, -0.1) is 0 Å². The predicted octanol–water partition coefficient (Wildman–Crippen LogP) is 4.13. The van der Waals surface area contributed by atoms with Gasteiger partial charge < -0.3 is 4.74 Å². The lowest BCUT2D eigenvalue weighted by molar-refractivity contribution is -0.146. The summed E-state index contributed by atoms with van der Waals surface area (Å²) in [4.78, 5) is 11.4. The van der Waals surface area contributed by atoms with E-state index in [1.165, 1.54) is 34.7 Å². The summed E-state index contributed by atoms with van der Waals surface area (Å²) in [7, 11) is 0. The zero-order valence-corrected chi connectivity index (χ0v) is 12.1. The molecule has 0 fully saturated rings. The molecule has 2 aromatic rings. The van der Waals surface area contributed by atoms with Crippen LogP contribution in [-0.2, 0) is 16.0 Å². The van der Waals surface area contributed by atoms with E-state index in [-0.39, 0.29) is 12.1 Å². The molecule has 1 atom stereocenters. The van der Waals surface area contributed by atoms with Crippen molar-refractivity contribution < 1.29 is 9.53 Å². The van der Waals surface area contributed by atoms with Gasteiger partial charge in [0.15, 0.2) is 0 Å². The van der Waals surface area contributed by atoms with Gasteiger partial charge in [0.05, 0.1) is 0 Å². The quantitative estimate of drug-likeness (QED) is 0.725. The van der Waals surface area contributed by atoms with Gasteiger partial charge in [0.2, 0.25) is 0 Å². The van der Waals surface area contributed by atoms with Crippen molar-refractivity contribution in [2.24, 2.45) is 0 Å². The van der Waals surface area contributed by atoms with Crippen molar-refractivity contribution in [1.82, 2.24) is 0 Å². The molecule has 0 bridgehead atoms. The van der Waals surface area contributed by atoms with Gasteiger partial charge in [0.1, 0.15) is 6.10 Å². The number of aryl methyl sites for hydroxylation is 2. The zero-order chi connectivity index (χ0) is 14.3. The first-order chi connectivity index (χ1) is 9.54. The molecule has 20 heavy (non-hydrogen) atoms. The lowest BCUT2D eigenvalue weighted by Gasteiger charge is -2.28. The second-order valence-corrected chi connectivity index (χ2v) is 5.55. The van der Waals surface area contributed by atoms with Gasteiger partial charge in [-0.3, -0.25) is 4.79 Å². The molecule has 0 heterocycles. The lowest BCUT2D eigenvalue weighted by atomic mass is 9.82. The molecule has 0 aromatic heterocycles. The number of fused-ring (bicyclic) bond motifs is 3. The zero-order valence-electron chi connectivity index (χ0n) is 12.1. The maximum Gasteiger partial charge on any atom is 0.303 e. The van der Waals surface area contributed by atoms with Gasteiger partial charge >= 0.3 is 5.97 Å². The Labute approximate surface area is 119 Å². The van der Waals surface area contributed by atoms with Crippen LogP contribution in [0.5, 0.6) is 0 Å². The van der Waals surface area contributed by atoms with Gasteiger partial charge in [-0.05, 0) is 30.5 Å². The molecule has 2 heteroatoms. The molecule has 0 N–H and O–H groups in total. The third-order valence-electron chi connectivity index (χ3n) is 3.82. The summed E-state index contributed by atoms with van der Waals surface area (Å²) in [5.41, 5.74) is 7.25. The average molecular weight is 266 g/mol. The highest BCUT2D eigenvalue weighted by atomic mass is 16.5. The second kappa shape index (κ2) is 4.78. The first-order valence-electron chi connectivity index (χ1n) is 6.92. The normalized spacial score (nSPS) is 16.2. The minimum atomic E-state index is -0.224. The molecule has 0 aliphatic heterocycles. The summed E-state index contributed by atoms with van der Waals surface area (Å²) < 4.78 is 5.53. The van der Waals surface area contributed by atoms with Crippen molar-refractivity contribution in [3.63, 3.8) is 0 Å². The van der Waals surface area contributed by atoms with Gasteiger partial charge in [-0.1, -0.05) is 47.5 Å². The molecule has 0 spiro atoms. The maximum absolute atomic E-state index is 11.4. The molecule has 1 aliphatic rings.